The molecule has 0 saturated heterocycles. The molecule has 2 N–H and O–H groups in total. The third-order valence-corrected chi connectivity index (χ3v) is 3.87. The van der Waals surface area contributed by atoms with Gasteiger partial charge in [-0.25, -0.2) is 4.39 Å². The fraction of sp³-hybridized carbons (Fsp3) is 0.0909. The number of pyridine rings is 1. The molecule has 6 heteroatoms. The number of nitrogens with zero attached hydrogens (tertiary/aromatic N) is 1. The summed E-state index contributed by atoms with van der Waals surface area (Å²) in [6, 6.07) is 15.0. The van der Waals surface area contributed by atoms with Crippen molar-refractivity contribution in [2.24, 2.45) is 0 Å². The van der Waals surface area contributed by atoms with Gasteiger partial charge in [0, 0.05) is 24.6 Å². The summed E-state index contributed by atoms with van der Waals surface area (Å²) in [4.78, 5) is 15.9. The summed E-state index contributed by atoms with van der Waals surface area (Å²) in [5.41, 5.74) is 2.16. The Labute approximate surface area is 162 Å². The highest BCUT2D eigenvalue weighted by Crippen LogP contribution is 2.24. The van der Waals surface area contributed by atoms with E-state index in [0.29, 0.717) is 23.4 Å². The minimum atomic E-state index is -0.536. The van der Waals surface area contributed by atoms with Gasteiger partial charge in [-0.05, 0) is 60.0 Å². The predicted molar refractivity (Wildman–Crippen MR) is 106 cm³/mol. The zero-order valence-corrected chi connectivity index (χ0v) is 15.0. The van der Waals surface area contributed by atoms with Gasteiger partial charge in [-0.1, -0.05) is 18.2 Å². The van der Waals surface area contributed by atoms with Crippen LogP contribution in [0.2, 0.25) is 0 Å². The Morgan fingerprint density at radius 2 is 2.00 bits per heavy atom. The number of hydrogen-bond acceptors (Lipinski definition) is 4. The Morgan fingerprint density at radius 1 is 1.18 bits per heavy atom. The lowest BCUT2D eigenvalue weighted by atomic mass is 10.1. The summed E-state index contributed by atoms with van der Waals surface area (Å²) in [6.07, 6.45) is 6.52. The monoisotopic (exact) mass is 378 g/mol. The number of aromatic nitrogens is 1. The highest BCUT2D eigenvalue weighted by atomic mass is 19.1. The molecule has 0 aliphatic rings. The van der Waals surface area contributed by atoms with Crippen molar-refractivity contribution < 1.29 is 19.0 Å². The standard InChI is InChI=1S/C22H19FN2O3/c23-20-14-17(5-9-21(20)28-19-2-1-12-24-15-19)6-10-22(27)25-18-7-3-16(4-8-18)11-13-26/h1-10,12,14-15,26H,11,13H2,(H,25,27)/b10-6+. The Hall–Kier alpha value is -3.51. The van der Waals surface area contributed by atoms with Gasteiger partial charge in [0.1, 0.15) is 5.75 Å². The molecule has 3 aromatic rings. The molecule has 0 saturated carbocycles. The van der Waals surface area contributed by atoms with Gasteiger partial charge in [0.2, 0.25) is 5.91 Å². The predicted octanol–water partition coefficient (Wildman–Crippen LogP) is 4.20. The second kappa shape index (κ2) is 9.43. The third-order valence-electron chi connectivity index (χ3n) is 3.87. The first-order valence-electron chi connectivity index (χ1n) is 8.70. The van der Waals surface area contributed by atoms with Crippen LogP contribution in [0.3, 0.4) is 0 Å². The van der Waals surface area contributed by atoms with Crippen molar-refractivity contribution in [3.63, 3.8) is 0 Å². The first-order valence-corrected chi connectivity index (χ1v) is 8.70. The van der Waals surface area contributed by atoms with Gasteiger partial charge in [-0.3, -0.25) is 9.78 Å². The minimum Gasteiger partial charge on any atom is -0.453 e. The smallest absolute Gasteiger partial charge is 0.248 e. The number of halogens is 1. The zero-order chi connectivity index (χ0) is 19.8. The Bertz CT molecular complexity index is 957. The molecule has 0 bridgehead atoms. The average molecular weight is 378 g/mol. The maximum Gasteiger partial charge on any atom is 0.248 e. The minimum absolute atomic E-state index is 0.0804. The number of aliphatic hydroxyl groups excluding tert-OH is 1. The van der Waals surface area contributed by atoms with Crippen LogP contribution in [-0.4, -0.2) is 22.6 Å². The number of carbonyl (C=O) groups excluding carboxylic acids is 1. The summed E-state index contributed by atoms with van der Waals surface area (Å²) >= 11 is 0. The molecular weight excluding hydrogens is 359 g/mol. The molecule has 0 unspecified atom stereocenters. The van der Waals surface area contributed by atoms with Crippen LogP contribution >= 0.6 is 0 Å². The average Bonchev–Trinajstić information content (AvgIpc) is 2.71. The number of anilines is 1. The van der Waals surface area contributed by atoms with Gasteiger partial charge < -0.3 is 15.2 Å². The van der Waals surface area contributed by atoms with E-state index in [-0.39, 0.29) is 18.3 Å². The summed E-state index contributed by atoms with van der Waals surface area (Å²) in [6.45, 7) is 0.0804. The van der Waals surface area contributed by atoms with E-state index >= 15 is 0 Å². The molecule has 142 valence electrons. The number of nitrogens with one attached hydrogen (secondary N) is 1. The van der Waals surface area contributed by atoms with Gasteiger partial charge in [-0.2, -0.15) is 0 Å². The highest BCUT2D eigenvalue weighted by molar-refractivity contribution is 6.01. The van der Waals surface area contributed by atoms with Gasteiger partial charge in [0.15, 0.2) is 11.6 Å². The number of amides is 1. The van der Waals surface area contributed by atoms with Gasteiger partial charge in [0.05, 0.1) is 6.20 Å². The molecule has 0 radical (unpaired) electrons. The molecule has 1 aromatic heterocycles. The first kappa shape index (κ1) is 19.3. The molecular formula is C22H19FN2O3. The van der Waals surface area contributed by atoms with E-state index in [0.717, 1.165) is 5.56 Å². The van der Waals surface area contributed by atoms with E-state index in [1.807, 2.05) is 12.1 Å². The van der Waals surface area contributed by atoms with Gasteiger partial charge in [-0.15, -0.1) is 0 Å². The van der Waals surface area contributed by atoms with Crippen molar-refractivity contribution in [2.75, 3.05) is 11.9 Å². The molecule has 1 heterocycles. The first-order chi connectivity index (χ1) is 13.6. The van der Waals surface area contributed by atoms with Crippen LogP contribution in [0.5, 0.6) is 11.5 Å². The molecule has 0 aliphatic heterocycles. The normalized spacial score (nSPS) is 10.8. The summed E-state index contributed by atoms with van der Waals surface area (Å²) in [5, 5.41) is 11.6. The van der Waals surface area contributed by atoms with Crippen molar-refractivity contribution in [1.82, 2.24) is 4.98 Å². The maximum absolute atomic E-state index is 14.2. The van der Waals surface area contributed by atoms with Crippen molar-refractivity contribution in [3.05, 3.63) is 90.0 Å². The van der Waals surface area contributed by atoms with Crippen molar-refractivity contribution >= 4 is 17.7 Å². The third kappa shape index (κ3) is 5.49. The second-order valence-electron chi connectivity index (χ2n) is 5.97. The molecule has 0 fully saturated rings. The Morgan fingerprint density at radius 3 is 2.68 bits per heavy atom. The van der Waals surface area contributed by atoms with Crippen LogP contribution in [0.4, 0.5) is 10.1 Å². The molecule has 1 amide bonds. The van der Waals surface area contributed by atoms with E-state index in [4.69, 9.17) is 9.84 Å². The largest absolute Gasteiger partial charge is 0.453 e. The van der Waals surface area contributed by atoms with Gasteiger partial charge >= 0.3 is 0 Å². The molecule has 0 aliphatic carbocycles. The van der Waals surface area contributed by atoms with Crippen molar-refractivity contribution in [3.8, 4) is 11.5 Å². The molecule has 3 rings (SSSR count). The topological polar surface area (TPSA) is 71.5 Å². The van der Waals surface area contributed by atoms with Crippen LogP contribution in [0.25, 0.3) is 6.08 Å². The number of benzene rings is 2. The Balaban J connectivity index is 1.60. The lowest BCUT2D eigenvalue weighted by Gasteiger charge is -2.06. The number of ether oxygens (including phenoxy) is 1. The van der Waals surface area contributed by atoms with Crippen LogP contribution in [0, 0.1) is 5.82 Å². The zero-order valence-electron chi connectivity index (χ0n) is 15.0. The Kier molecular flexibility index (Phi) is 6.49. The molecule has 28 heavy (non-hydrogen) atoms. The van der Waals surface area contributed by atoms with Crippen LogP contribution in [-0.2, 0) is 11.2 Å². The summed E-state index contributed by atoms with van der Waals surface area (Å²) in [7, 11) is 0. The number of aliphatic hydroxyl groups is 1. The molecule has 2 aromatic carbocycles. The fourth-order valence-corrected chi connectivity index (χ4v) is 2.48. The number of carbonyl (C=O) groups is 1. The van der Waals surface area contributed by atoms with Crippen molar-refractivity contribution in [2.45, 2.75) is 6.42 Å². The molecule has 0 spiro atoms. The van der Waals surface area contributed by atoms with Crippen LogP contribution in [0.1, 0.15) is 11.1 Å². The fourth-order valence-electron chi connectivity index (χ4n) is 2.48. The van der Waals surface area contributed by atoms with Crippen molar-refractivity contribution in [1.29, 1.82) is 0 Å². The molecule has 0 atom stereocenters. The van der Waals surface area contributed by atoms with E-state index in [9.17, 15) is 9.18 Å². The maximum atomic E-state index is 14.2. The lowest BCUT2D eigenvalue weighted by Crippen LogP contribution is -2.07. The molecule has 5 nitrogen and oxygen atoms in total. The van der Waals surface area contributed by atoms with E-state index in [1.165, 1.54) is 30.5 Å². The van der Waals surface area contributed by atoms with E-state index in [2.05, 4.69) is 10.3 Å². The van der Waals surface area contributed by atoms with E-state index in [1.54, 1.807) is 36.5 Å². The van der Waals surface area contributed by atoms with Gasteiger partial charge in [0.25, 0.3) is 0 Å². The second-order valence-corrected chi connectivity index (χ2v) is 5.97. The van der Waals surface area contributed by atoms with E-state index < -0.39 is 5.82 Å². The number of rotatable bonds is 7. The summed E-state index contributed by atoms with van der Waals surface area (Å²) < 4.78 is 19.6. The highest BCUT2D eigenvalue weighted by Gasteiger charge is 2.06. The SMILES string of the molecule is O=C(/C=C/c1ccc(Oc2cccnc2)c(F)c1)Nc1ccc(CCO)cc1. The van der Waals surface area contributed by atoms with Crippen LogP contribution in [0.15, 0.2) is 73.1 Å². The summed E-state index contributed by atoms with van der Waals surface area (Å²) in [5.74, 6) is -0.344. The van der Waals surface area contributed by atoms with Crippen LogP contribution < -0.4 is 10.1 Å². The quantitative estimate of drug-likeness (QED) is 0.605. The lowest BCUT2D eigenvalue weighted by molar-refractivity contribution is -0.111. The number of hydrogen-bond donors (Lipinski definition) is 2.